The summed E-state index contributed by atoms with van der Waals surface area (Å²) in [7, 11) is 0. The van der Waals surface area contributed by atoms with Crippen LogP contribution < -0.4 is 10.1 Å². The second-order valence-corrected chi connectivity index (χ2v) is 6.09. The van der Waals surface area contributed by atoms with E-state index in [2.05, 4.69) is 16.3 Å². The van der Waals surface area contributed by atoms with Crippen LogP contribution in [0.5, 0.6) is 5.75 Å². The van der Waals surface area contributed by atoms with Crippen molar-refractivity contribution >= 4 is 11.6 Å². The number of hydrogen-bond donors (Lipinski definition) is 1. The van der Waals surface area contributed by atoms with Crippen molar-refractivity contribution < 1.29 is 14.5 Å². The zero-order chi connectivity index (χ0) is 20.6. The second-order valence-electron chi connectivity index (χ2n) is 6.09. The topological polar surface area (TPSA) is 99.3 Å². The number of carbonyl (C=O) groups excluding carboxylic acids is 1. The zero-order valence-electron chi connectivity index (χ0n) is 15.4. The summed E-state index contributed by atoms with van der Waals surface area (Å²) in [5, 5.41) is 17.7. The summed E-state index contributed by atoms with van der Waals surface area (Å²) in [6, 6.07) is 13.4. The van der Waals surface area contributed by atoms with Gasteiger partial charge in [0.05, 0.1) is 22.4 Å². The fraction of sp³-hybridized carbons (Fsp3) is 0.143. The molecule has 0 radical (unpaired) electrons. The molecule has 29 heavy (non-hydrogen) atoms. The lowest BCUT2D eigenvalue weighted by atomic mass is 10.1. The fourth-order valence-electron chi connectivity index (χ4n) is 2.61. The number of ether oxygens (including phenoxy) is 1. The van der Waals surface area contributed by atoms with Gasteiger partial charge < -0.3 is 10.1 Å². The molecule has 0 unspecified atom stereocenters. The molecule has 0 aliphatic carbocycles. The highest BCUT2D eigenvalue weighted by atomic mass is 16.6. The Morgan fingerprint density at radius 2 is 1.93 bits per heavy atom. The third kappa shape index (κ3) is 5.20. The predicted molar refractivity (Wildman–Crippen MR) is 107 cm³/mol. The predicted octanol–water partition coefficient (Wildman–Crippen LogP) is 2.77. The standard InChI is InChI=1S/C21H18N4O4/c1-2-13-29-20-9-3-16(4-10-20)11-12-22-21(26)17-14-23-24(15-17)18-5-7-19(8-6-18)25(27)28/h1,3-10,14-15H,11-13H2,(H,22,26). The largest absolute Gasteiger partial charge is 0.481 e. The molecule has 1 aromatic heterocycles. The molecule has 0 atom stereocenters. The van der Waals surface area contributed by atoms with Gasteiger partial charge in [-0.1, -0.05) is 18.1 Å². The van der Waals surface area contributed by atoms with E-state index in [1.54, 1.807) is 18.3 Å². The van der Waals surface area contributed by atoms with Gasteiger partial charge in [0.1, 0.15) is 12.4 Å². The molecule has 0 spiro atoms. The van der Waals surface area contributed by atoms with Gasteiger partial charge >= 0.3 is 0 Å². The maximum absolute atomic E-state index is 12.3. The Kier molecular flexibility index (Phi) is 6.22. The van der Waals surface area contributed by atoms with Crippen molar-refractivity contribution in [2.24, 2.45) is 0 Å². The molecule has 0 aliphatic heterocycles. The molecule has 1 heterocycles. The van der Waals surface area contributed by atoms with Crippen LogP contribution in [0, 0.1) is 22.5 Å². The molecule has 3 rings (SSSR count). The van der Waals surface area contributed by atoms with Crippen molar-refractivity contribution in [2.75, 3.05) is 13.2 Å². The number of aromatic nitrogens is 2. The molecule has 0 saturated heterocycles. The SMILES string of the molecule is C#CCOc1ccc(CCNC(=O)c2cnn(-c3ccc([N+](=O)[O-])cc3)c2)cc1. The molecule has 8 nitrogen and oxygen atoms in total. The quantitative estimate of drug-likeness (QED) is 0.362. The fourth-order valence-corrected chi connectivity index (χ4v) is 2.61. The molecule has 0 saturated carbocycles. The number of nitrogens with zero attached hydrogens (tertiary/aromatic N) is 3. The Morgan fingerprint density at radius 1 is 1.21 bits per heavy atom. The van der Waals surface area contributed by atoms with Gasteiger partial charge in [0.25, 0.3) is 11.6 Å². The number of nitrogens with one attached hydrogen (secondary N) is 1. The van der Waals surface area contributed by atoms with Crippen molar-refractivity contribution in [3.8, 4) is 23.8 Å². The molecular formula is C21H18N4O4. The summed E-state index contributed by atoms with van der Waals surface area (Å²) in [6.45, 7) is 0.690. The van der Waals surface area contributed by atoms with Gasteiger partial charge in [0, 0.05) is 24.9 Å². The van der Waals surface area contributed by atoms with Crippen LogP contribution in [0.15, 0.2) is 60.9 Å². The first-order valence-electron chi connectivity index (χ1n) is 8.80. The number of benzene rings is 2. The zero-order valence-corrected chi connectivity index (χ0v) is 15.4. The van der Waals surface area contributed by atoms with Gasteiger partial charge in [0.15, 0.2) is 0 Å². The van der Waals surface area contributed by atoms with Gasteiger partial charge in [-0.3, -0.25) is 14.9 Å². The summed E-state index contributed by atoms with van der Waals surface area (Å²) in [4.78, 5) is 22.6. The molecule has 1 N–H and O–H groups in total. The number of nitro benzene ring substituents is 1. The Morgan fingerprint density at radius 3 is 2.59 bits per heavy atom. The maximum atomic E-state index is 12.3. The molecule has 8 heteroatoms. The van der Waals surface area contributed by atoms with Gasteiger partial charge in [0.2, 0.25) is 0 Å². The highest BCUT2D eigenvalue weighted by molar-refractivity contribution is 5.93. The first-order chi connectivity index (χ1) is 14.1. The minimum Gasteiger partial charge on any atom is -0.481 e. The second kappa shape index (κ2) is 9.19. The highest BCUT2D eigenvalue weighted by Crippen LogP contribution is 2.15. The Balaban J connectivity index is 1.52. The summed E-state index contributed by atoms with van der Waals surface area (Å²) >= 11 is 0. The summed E-state index contributed by atoms with van der Waals surface area (Å²) < 4.78 is 6.81. The monoisotopic (exact) mass is 390 g/mol. The summed E-state index contributed by atoms with van der Waals surface area (Å²) in [6.07, 6.45) is 8.85. The lowest BCUT2D eigenvalue weighted by Gasteiger charge is -2.06. The molecule has 1 amide bonds. The van der Waals surface area contributed by atoms with Crippen LogP contribution in [0.2, 0.25) is 0 Å². The summed E-state index contributed by atoms with van der Waals surface area (Å²) in [5.74, 6) is 2.87. The number of rotatable bonds is 8. The van der Waals surface area contributed by atoms with E-state index in [0.717, 1.165) is 5.56 Å². The van der Waals surface area contributed by atoms with Crippen LogP contribution in [-0.2, 0) is 6.42 Å². The average molecular weight is 390 g/mol. The lowest BCUT2D eigenvalue weighted by molar-refractivity contribution is -0.384. The number of amides is 1. The van der Waals surface area contributed by atoms with Crippen molar-refractivity contribution in [3.05, 3.63) is 82.2 Å². The van der Waals surface area contributed by atoms with Gasteiger partial charge in [-0.25, -0.2) is 4.68 Å². The molecule has 3 aromatic rings. The number of terminal acetylenes is 1. The van der Waals surface area contributed by atoms with Crippen LogP contribution in [0.25, 0.3) is 5.69 Å². The van der Waals surface area contributed by atoms with Crippen LogP contribution >= 0.6 is 0 Å². The lowest BCUT2D eigenvalue weighted by Crippen LogP contribution is -2.25. The van der Waals surface area contributed by atoms with Crippen LogP contribution in [0.1, 0.15) is 15.9 Å². The first-order valence-corrected chi connectivity index (χ1v) is 8.80. The van der Waals surface area contributed by atoms with E-state index in [0.29, 0.717) is 30.0 Å². The summed E-state index contributed by atoms with van der Waals surface area (Å²) in [5.41, 5.74) is 2.08. The number of hydrogen-bond acceptors (Lipinski definition) is 5. The number of non-ortho nitro benzene ring substituents is 1. The van der Waals surface area contributed by atoms with Crippen LogP contribution in [0.3, 0.4) is 0 Å². The van der Waals surface area contributed by atoms with E-state index in [1.165, 1.54) is 23.0 Å². The van der Waals surface area contributed by atoms with Crippen LogP contribution in [0.4, 0.5) is 5.69 Å². The Labute approximate surface area is 167 Å². The van der Waals surface area contributed by atoms with Crippen LogP contribution in [-0.4, -0.2) is 33.8 Å². The minimum atomic E-state index is -0.469. The van der Waals surface area contributed by atoms with E-state index < -0.39 is 4.92 Å². The maximum Gasteiger partial charge on any atom is 0.269 e. The van der Waals surface area contributed by atoms with Gasteiger partial charge in [-0.2, -0.15) is 5.10 Å². The molecule has 146 valence electrons. The third-order valence-corrected chi connectivity index (χ3v) is 4.11. The Hall–Kier alpha value is -4.12. The highest BCUT2D eigenvalue weighted by Gasteiger charge is 2.10. The normalized spacial score (nSPS) is 10.2. The Bertz CT molecular complexity index is 1030. The number of carbonyl (C=O) groups is 1. The van der Waals surface area contributed by atoms with Gasteiger partial charge in [-0.15, -0.1) is 6.42 Å². The molecule has 0 aliphatic rings. The third-order valence-electron chi connectivity index (χ3n) is 4.11. The van der Waals surface area contributed by atoms with E-state index in [4.69, 9.17) is 11.2 Å². The molecular weight excluding hydrogens is 372 g/mol. The van der Waals surface area contributed by atoms with Gasteiger partial charge in [-0.05, 0) is 36.2 Å². The minimum absolute atomic E-state index is 0.00508. The molecule has 0 bridgehead atoms. The van der Waals surface area contributed by atoms with Crippen molar-refractivity contribution in [3.63, 3.8) is 0 Å². The first kappa shape index (κ1) is 19.6. The average Bonchev–Trinajstić information content (AvgIpc) is 3.23. The van der Waals surface area contributed by atoms with Crippen molar-refractivity contribution in [1.29, 1.82) is 0 Å². The smallest absolute Gasteiger partial charge is 0.269 e. The van der Waals surface area contributed by atoms with Crippen molar-refractivity contribution in [1.82, 2.24) is 15.1 Å². The van der Waals surface area contributed by atoms with E-state index in [-0.39, 0.29) is 18.2 Å². The molecule has 2 aromatic carbocycles. The van der Waals surface area contributed by atoms with E-state index in [1.807, 2.05) is 24.3 Å². The molecule has 0 fully saturated rings. The van der Waals surface area contributed by atoms with Crippen molar-refractivity contribution in [2.45, 2.75) is 6.42 Å². The number of nitro groups is 1. The van der Waals surface area contributed by atoms with E-state index >= 15 is 0 Å². The van der Waals surface area contributed by atoms with E-state index in [9.17, 15) is 14.9 Å².